The summed E-state index contributed by atoms with van der Waals surface area (Å²) in [5.41, 5.74) is 5.14. The van der Waals surface area contributed by atoms with E-state index in [1.165, 1.54) is 30.3 Å². The third kappa shape index (κ3) is 3.41. The molecule has 2 N–H and O–H groups in total. The Bertz CT molecular complexity index is 578. The standard InChI is InChI=1S/C13H9F4NS/c14-9-2-4-10(5-3-9)19-12-7-8(13(15,16)17)1-6-11(12)18/h1-7H,18H2. The number of hydrogen-bond acceptors (Lipinski definition) is 2. The fraction of sp³-hybridized carbons (Fsp3) is 0.0769. The summed E-state index contributed by atoms with van der Waals surface area (Å²) in [7, 11) is 0. The van der Waals surface area contributed by atoms with E-state index in [1.54, 1.807) is 0 Å². The average molecular weight is 287 g/mol. The number of rotatable bonds is 2. The van der Waals surface area contributed by atoms with Gasteiger partial charge in [-0.3, -0.25) is 0 Å². The van der Waals surface area contributed by atoms with Gasteiger partial charge in [0.15, 0.2) is 0 Å². The first-order chi connectivity index (χ1) is 8.86. The molecular formula is C13H9F4NS. The fourth-order valence-electron chi connectivity index (χ4n) is 1.43. The van der Waals surface area contributed by atoms with Gasteiger partial charge in [-0.2, -0.15) is 13.2 Å². The molecule has 0 bridgehead atoms. The monoisotopic (exact) mass is 287 g/mol. The zero-order chi connectivity index (χ0) is 14.0. The van der Waals surface area contributed by atoms with Gasteiger partial charge in [-0.25, -0.2) is 4.39 Å². The molecule has 0 fully saturated rings. The topological polar surface area (TPSA) is 26.0 Å². The molecule has 0 radical (unpaired) electrons. The van der Waals surface area contributed by atoms with Crippen LogP contribution in [0.3, 0.4) is 0 Å². The SMILES string of the molecule is Nc1ccc(C(F)(F)F)cc1Sc1ccc(F)cc1. The van der Waals surface area contributed by atoms with Crippen LogP contribution >= 0.6 is 11.8 Å². The molecule has 0 atom stereocenters. The van der Waals surface area contributed by atoms with Crippen LogP contribution < -0.4 is 5.73 Å². The third-order valence-electron chi connectivity index (χ3n) is 2.38. The van der Waals surface area contributed by atoms with Crippen molar-refractivity contribution in [3.05, 3.63) is 53.8 Å². The molecule has 2 aromatic carbocycles. The van der Waals surface area contributed by atoms with Gasteiger partial charge in [-0.15, -0.1) is 0 Å². The maximum absolute atomic E-state index is 12.7. The molecule has 0 heterocycles. The maximum atomic E-state index is 12.7. The van der Waals surface area contributed by atoms with Gasteiger partial charge in [-0.1, -0.05) is 11.8 Å². The smallest absolute Gasteiger partial charge is 0.398 e. The van der Waals surface area contributed by atoms with Crippen molar-refractivity contribution in [3.63, 3.8) is 0 Å². The van der Waals surface area contributed by atoms with E-state index in [2.05, 4.69) is 0 Å². The van der Waals surface area contributed by atoms with Crippen molar-refractivity contribution in [2.75, 3.05) is 5.73 Å². The number of nitrogen functional groups attached to an aromatic ring is 1. The zero-order valence-electron chi connectivity index (χ0n) is 9.54. The number of nitrogens with two attached hydrogens (primary N) is 1. The Labute approximate surface area is 111 Å². The van der Waals surface area contributed by atoms with Crippen molar-refractivity contribution < 1.29 is 17.6 Å². The van der Waals surface area contributed by atoms with Crippen molar-refractivity contribution in [2.24, 2.45) is 0 Å². The van der Waals surface area contributed by atoms with E-state index in [9.17, 15) is 17.6 Å². The van der Waals surface area contributed by atoms with Crippen LogP contribution in [0.15, 0.2) is 52.3 Å². The molecule has 0 amide bonds. The van der Waals surface area contributed by atoms with E-state index in [4.69, 9.17) is 5.73 Å². The molecule has 19 heavy (non-hydrogen) atoms. The minimum absolute atomic E-state index is 0.252. The highest BCUT2D eigenvalue weighted by atomic mass is 32.2. The lowest BCUT2D eigenvalue weighted by molar-refractivity contribution is -0.137. The van der Waals surface area contributed by atoms with E-state index in [1.807, 2.05) is 0 Å². The Morgan fingerprint density at radius 1 is 0.947 bits per heavy atom. The zero-order valence-corrected chi connectivity index (χ0v) is 10.4. The van der Waals surface area contributed by atoms with Gasteiger partial charge >= 0.3 is 6.18 Å². The first-order valence-corrected chi connectivity index (χ1v) is 6.08. The second kappa shape index (κ2) is 5.13. The second-order valence-electron chi connectivity index (χ2n) is 3.81. The molecule has 1 nitrogen and oxygen atoms in total. The molecular weight excluding hydrogens is 278 g/mol. The molecule has 100 valence electrons. The molecule has 0 saturated heterocycles. The third-order valence-corrected chi connectivity index (χ3v) is 3.46. The first-order valence-electron chi connectivity index (χ1n) is 5.26. The first kappa shape index (κ1) is 13.7. The van der Waals surface area contributed by atoms with Gasteiger partial charge in [0.05, 0.1) is 5.56 Å². The highest BCUT2D eigenvalue weighted by molar-refractivity contribution is 7.99. The van der Waals surface area contributed by atoms with Gasteiger partial charge in [0, 0.05) is 15.5 Å². The Hall–Kier alpha value is -1.69. The van der Waals surface area contributed by atoms with E-state index in [-0.39, 0.29) is 5.69 Å². The number of halogens is 4. The minimum atomic E-state index is -4.41. The summed E-state index contributed by atoms with van der Waals surface area (Å²) in [6, 6.07) is 8.60. The van der Waals surface area contributed by atoms with Crippen LogP contribution in [0.2, 0.25) is 0 Å². The van der Waals surface area contributed by atoms with E-state index in [0.717, 1.165) is 23.9 Å². The number of alkyl halides is 3. The van der Waals surface area contributed by atoms with Crippen LogP contribution in [0.1, 0.15) is 5.56 Å². The molecule has 2 aromatic rings. The minimum Gasteiger partial charge on any atom is -0.398 e. The van der Waals surface area contributed by atoms with Gasteiger partial charge < -0.3 is 5.73 Å². The van der Waals surface area contributed by atoms with Crippen molar-refractivity contribution in [1.29, 1.82) is 0 Å². The molecule has 0 saturated carbocycles. The Kier molecular flexibility index (Phi) is 3.71. The molecule has 0 unspecified atom stereocenters. The lowest BCUT2D eigenvalue weighted by Crippen LogP contribution is -2.05. The van der Waals surface area contributed by atoms with Crippen LogP contribution in [0.5, 0.6) is 0 Å². The summed E-state index contributed by atoms with van der Waals surface area (Å²) in [5.74, 6) is -0.402. The summed E-state index contributed by atoms with van der Waals surface area (Å²) < 4.78 is 50.5. The van der Waals surface area contributed by atoms with Crippen molar-refractivity contribution >= 4 is 17.4 Å². The number of benzene rings is 2. The Morgan fingerprint density at radius 3 is 2.16 bits per heavy atom. The Morgan fingerprint density at radius 2 is 1.58 bits per heavy atom. The summed E-state index contributed by atoms with van der Waals surface area (Å²) >= 11 is 1.06. The number of hydrogen-bond donors (Lipinski definition) is 1. The second-order valence-corrected chi connectivity index (χ2v) is 4.92. The van der Waals surface area contributed by atoms with E-state index >= 15 is 0 Å². The van der Waals surface area contributed by atoms with Crippen molar-refractivity contribution in [1.82, 2.24) is 0 Å². The summed E-state index contributed by atoms with van der Waals surface area (Å²) in [6.07, 6.45) is -4.41. The van der Waals surface area contributed by atoms with Gasteiger partial charge in [0.25, 0.3) is 0 Å². The van der Waals surface area contributed by atoms with E-state index < -0.39 is 17.6 Å². The predicted molar refractivity (Wildman–Crippen MR) is 66.4 cm³/mol. The Balaban J connectivity index is 2.31. The highest BCUT2D eigenvalue weighted by Gasteiger charge is 2.30. The van der Waals surface area contributed by atoms with Crippen molar-refractivity contribution in [2.45, 2.75) is 16.0 Å². The van der Waals surface area contributed by atoms with Crippen molar-refractivity contribution in [3.8, 4) is 0 Å². The van der Waals surface area contributed by atoms with Crippen LogP contribution in [0.4, 0.5) is 23.2 Å². The average Bonchev–Trinajstić information content (AvgIpc) is 2.33. The summed E-state index contributed by atoms with van der Waals surface area (Å²) in [5, 5.41) is 0. The lowest BCUT2D eigenvalue weighted by atomic mass is 10.2. The van der Waals surface area contributed by atoms with Gasteiger partial charge in [0.2, 0.25) is 0 Å². The van der Waals surface area contributed by atoms with E-state index in [0.29, 0.717) is 9.79 Å². The fourth-order valence-corrected chi connectivity index (χ4v) is 2.33. The van der Waals surface area contributed by atoms with Crippen LogP contribution in [-0.2, 0) is 6.18 Å². The summed E-state index contributed by atoms with van der Waals surface area (Å²) in [6.45, 7) is 0. The number of anilines is 1. The van der Waals surface area contributed by atoms with Gasteiger partial charge in [0.1, 0.15) is 5.82 Å². The normalized spacial score (nSPS) is 11.6. The van der Waals surface area contributed by atoms with Crippen LogP contribution in [0, 0.1) is 5.82 Å². The molecule has 0 aliphatic rings. The predicted octanol–water partition coefficient (Wildman–Crippen LogP) is 4.58. The highest BCUT2D eigenvalue weighted by Crippen LogP contribution is 2.37. The molecule has 0 spiro atoms. The van der Waals surface area contributed by atoms with Crippen LogP contribution in [-0.4, -0.2) is 0 Å². The largest absolute Gasteiger partial charge is 0.416 e. The molecule has 0 aromatic heterocycles. The quantitative estimate of drug-likeness (QED) is 0.646. The molecule has 6 heteroatoms. The molecule has 0 aliphatic heterocycles. The maximum Gasteiger partial charge on any atom is 0.416 e. The molecule has 2 rings (SSSR count). The van der Waals surface area contributed by atoms with Crippen LogP contribution in [0.25, 0.3) is 0 Å². The molecule has 0 aliphatic carbocycles. The lowest BCUT2D eigenvalue weighted by Gasteiger charge is -2.10. The van der Waals surface area contributed by atoms with Gasteiger partial charge in [-0.05, 0) is 42.5 Å². The summed E-state index contributed by atoms with van der Waals surface area (Å²) in [4.78, 5) is 0.911.